The number of carbonyl (C=O) groups is 2. The maximum atomic E-state index is 12.2. The number of rotatable bonds is 3. The van der Waals surface area contributed by atoms with Crippen molar-refractivity contribution >= 4 is 23.6 Å². The summed E-state index contributed by atoms with van der Waals surface area (Å²) in [5.74, 6) is 0.279. The summed E-state index contributed by atoms with van der Waals surface area (Å²) in [5, 5.41) is 9.16. The highest BCUT2D eigenvalue weighted by Crippen LogP contribution is 2.18. The van der Waals surface area contributed by atoms with E-state index in [1.807, 2.05) is 31.2 Å². The summed E-state index contributed by atoms with van der Waals surface area (Å²) in [5.41, 5.74) is 2.04. The van der Waals surface area contributed by atoms with Gasteiger partial charge in [0.2, 0.25) is 5.91 Å². The third-order valence-corrected chi connectivity index (χ3v) is 4.19. The molecule has 1 aliphatic heterocycles. The molecule has 5 heteroatoms. The molecule has 1 heterocycles. The molecule has 1 unspecified atom stereocenters. The summed E-state index contributed by atoms with van der Waals surface area (Å²) in [6.45, 7) is 2.50. The highest BCUT2D eigenvalue weighted by molar-refractivity contribution is 7.99. The van der Waals surface area contributed by atoms with Crippen molar-refractivity contribution in [3.05, 3.63) is 35.4 Å². The van der Waals surface area contributed by atoms with Crippen LogP contribution in [0, 0.1) is 6.92 Å². The molecular formula is C14H17NO3S. The van der Waals surface area contributed by atoms with Crippen LogP contribution in [0.3, 0.4) is 0 Å². The molecule has 1 saturated heterocycles. The van der Waals surface area contributed by atoms with Crippen molar-refractivity contribution in [1.29, 1.82) is 0 Å². The molecular weight excluding hydrogens is 262 g/mol. The van der Waals surface area contributed by atoms with Crippen LogP contribution in [0.15, 0.2) is 24.3 Å². The molecule has 0 spiro atoms. The van der Waals surface area contributed by atoms with Crippen LogP contribution < -0.4 is 0 Å². The SMILES string of the molecule is Cc1cccc(CC(=O)N2CCSCC2C(=O)O)c1. The van der Waals surface area contributed by atoms with Crippen molar-refractivity contribution in [1.82, 2.24) is 4.90 Å². The minimum Gasteiger partial charge on any atom is -0.480 e. The highest BCUT2D eigenvalue weighted by Gasteiger charge is 2.32. The minimum absolute atomic E-state index is 0.0988. The predicted octanol–water partition coefficient (Wildman–Crippen LogP) is 1.57. The summed E-state index contributed by atoms with van der Waals surface area (Å²) >= 11 is 1.59. The molecule has 102 valence electrons. The van der Waals surface area contributed by atoms with Crippen molar-refractivity contribution in [2.45, 2.75) is 19.4 Å². The van der Waals surface area contributed by atoms with Crippen LogP contribution in [-0.2, 0) is 16.0 Å². The van der Waals surface area contributed by atoms with E-state index in [0.29, 0.717) is 12.3 Å². The van der Waals surface area contributed by atoms with Gasteiger partial charge in [0.15, 0.2) is 0 Å². The largest absolute Gasteiger partial charge is 0.480 e. The van der Waals surface area contributed by atoms with Gasteiger partial charge in [0.05, 0.1) is 6.42 Å². The zero-order chi connectivity index (χ0) is 13.8. The third-order valence-electron chi connectivity index (χ3n) is 3.17. The normalized spacial score (nSPS) is 19.2. The lowest BCUT2D eigenvalue weighted by Crippen LogP contribution is -2.50. The second kappa shape index (κ2) is 6.10. The monoisotopic (exact) mass is 279 g/mol. The first-order chi connectivity index (χ1) is 9.08. The minimum atomic E-state index is -0.912. The van der Waals surface area contributed by atoms with Crippen LogP contribution in [0.1, 0.15) is 11.1 Å². The van der Waals surface area contributed by atoms with Gasteiger partial charge in [0.1, 0.15) is 6.04 Å². The maximum absolute atomic E-state index is 12.2. The molecule has 1 fully saturated rings. The Morgan fingerprint density at radius 1 is 1.47 bits per heavy atom. The first kappa shape index (κ1) is 13.9. The maximum Gasteiger partial charge on any atom is 0.327 e. The summed E-state index contributed by atoms with van der Waals surface area (Å²) in [7, 11) is 0. The van der Waals surface area contributed by atoms with Gasteiger partial charge in [-0.3, -0.25) is 4.79 Å². The van der Waals surface area contributed by atoms with Crippen molar-refractivity contribution in [2.24, 2.45) is 0 Å². The van der Waals surface area contributed by atoms with Crippen molar-refractivity contribution in [3.63, 3.8) is 0 Å². The van der Waals surface area contributed by atoms with Crippen LogP contribution in [-0.4, -0.2) is 46.0 Å². The third kappa shape index (κ3) is 3.50. The van der Waals surface area contributed by atoms with Gasteiger partial charge < -0.3 is 10.0 Å². The molecule has 4 nitrogen and oxygen atoms in total. The average Bonchev–Trinajstić information content (AvgIpc) is 2.38. The molecule has 1 N–H and O–H groups in total. The first-order valence-corrected chi connectivity index (χ1v) is 7.39. The number of carbonyl (C=O) groups excluding carboxylic acids is 1. The molecule has 1 aromatic rings. The summed E-state index contributed by atoms with van der Waals surface area (Å²) in [6, 6.07) is 7.08. The summed E-state index contributed by atoms with van der Waals surface area (Å²) < 4.78 is 0. The fourth-order valence-corrected chi connectivity index (χ4v) is 3.24. The number of carboxylic acid groups (broad SMARTS) is 1. The fraction of sp³-hybridized carbons (Fsp3) is 0.429. The van der Waals surface area contributed by atoms with Crippen molar-refractivity contribution < 1.29 is 14.7 Å². The van der Waals surface area contributed by atoms with E-state index in [1.54, 1.807) is 11.8 Å². The molecule has 2 rings (SSSR count). The van der Waals surface area contributed by atoms with E-state index in [4.69, 9.17) is 5.11 Å². The standard InChI is InChI=1S/C14H17NO3S/c1-10-3-2-4-11(7-10)8-13(16)15-5-6-19-9-12(15)14(17)18/h2-4,7,12H,5-6,8-9H2,1H3,(H,17,18). The van der Waals surface area contributed by atoms with Crippen LogP contribution in [0.25, 0.3) is 0 Å². The lowest BCUT2D eigenvalue weighted by atomic mass is 10.1. The van der Waals surface area contributed by atoms with E-state index in [1.165, 1.54) is 4.90 Å². The Hall–Kier alpha value is -1.49. The molecule has 0 aliphatic carbocycles. The van der Waals surface area contributed by atoms with Crippen molar-refractivity contribution in [3.8, 4) is 0 Å². The Kier molecular flexibility index (Phi) is 4.47. The van der Waals surface area contributed by atoms with E-state index >= 15 is 0 Å². The Bertz CT molecular complexity index is 489. The van der Waals surface area contributed by atoms with Gasteiger partial charge in [-0.05, 0) is 12.5 Å². The van der Waals surface area contributed by atoms with E-state index in [9.17, 15) is 9.59 Å². The number of hydrogen-bond acceptors (Lipinski definition) is 3. The smallest absolute Gasteiger partial charge is 0.327 e. The molecule has 1 aliphatic rings. The number of aliphatic carboxylic acids is 1. The van der Waals surface area contributed by atoms with Crippen LogP contribution >= 0.6 is 11.8 Å². The van der Waals surface area contributed by atoms with Gasteiger partial charge >= 0.3 is 5.97 Å². The van der Waals surface area contributed by atoms with Gasteiger partial charge in [-0.15, -0.1) is 0 Å². The lowest BCUT2D eigenvalue weighted by Gasteiger charge is -2.32. The molecule has 1 aromatic carbocycles. The molecule has 0 aromatic heterocycles. The number of amides is 1. The van der Waals surface area contributed by atoms with Gasteiger partial charge in [0, 0.05) is 18.1 Å². The van der Waals surface area contributed by atoms with Crippen LogP contribution in [0.2, 0.25) is 0 Å². The van der Waals surface area contributed by atoms with E-state index in [0.717, 1.165) is 16.9 Å². The van der Waals surface area contributed by atoms with Crippen molar-refractivity contribution in [2.75, 3.05) is 18.1 Å². The first-order valence-electron chi connectivity index (χ1n) is 6.23. The number of aryl methyl sites for hydroxylation is 1. The van der Waals surface area contributed by atoms with E-state index in [2.05, 4.69) is 0 Å². The summed E-state index contributed by atoms with van der Waals surface area (Å²) in [6.07, 6.45) is 0.274. The zero-order valence-electron chi connectivity index (χ0n) is 10.8. The molecule has 19 heavy (non-hydrogen) atoms. The van der Waals surface area contributed by atoms with Gasteiger partial charge in [0.25, 0.3) is 0 Å². The number of hydrogen-bond donors (Lipinski definition) is 1. The second-order valence-corrected chi connectivity index (χ2v) is 5.83. The highest BCUT2D eigenvalue weighted by atomic mass is 32.2. The van der Waals surface area contributed by atoms with Gasteiger partial charge in [-0.25, -0.2) is 4.79 Å². The van der Waals surface area contributed by atoms with Crippen LogP contribution in [0.4, 0.5) is 0 Å². The average molecular weight is 279 g/mol. The van der Waals surface area contributed by atoms with Gasteiger partial charge in [-0.2, -0.15) is 11.8 Å². The topological polar surface area (TPSA) is 57.6 Å². The molecule has 0 saturated carbocycles. The predicted molar refractivity (Wildman–Crippen MR) is 75.3 cm³/mol. The molecule has 0 radical (unpaired) electrons. The van der Waals surface area contributed by atoms with Gasteiger partial charge in [-0.1, -0.05) is 29.8 Å². The Morgan fingerprint density at radius 3 is 2.95 bits per heavy atom. The number of carboxylic acids is 1. The summed E-state index contributed by atoms with van der Waals surface area (Å²) in [4.78, 5) is 24.9. The lowest BCUT2D eigenvalue weighted by molar-refractivity contribution is -0.148. The fourth-order valence-electron chi connectivity index (χ4n) is 2.21. The Labute approximate surface area is 116 Å². The number of benzene rings is 1. The number of nitrogens with zero attached hydrogens (tertiary/aromatic N) is 1. The van der Waals surface area contributed by atoms with E-state index in [-0.39, 0.29) is 12.3 Å². The molecule has 0 bridgehead atoms. The zero-order valence-corrected chi connectivity index (χ0v) is 11.7. The van der Waals surface area contributed by atoms with Crippen LogP contribution in [0.5, 0.6) is 0 Å². The Balaban J connectivity index is 2.07. The quantitative estimate of drug-likeness (QED) is 0.912. The Morgan fingerprint density at radius 2 is 2.26 bits per heavy atom. The molecule has 1 amide bonds. The second-order valence-electron chi connectivity index (χ2n) is 4.68. The van der Waals surface area contributed by atoms with E-state index < -0.39 is 12.0 Å². The number of thioether (sulfide) groups is 1. The molecule has 1 atom stereocenters.